The van der Waals surface area contributed by atoms with E-state index in [0.717, 1.165) is 10.9 Å². The van der Waals surface area contributed by atoms with E-state index in [2.05, 4.69) is 4.72 Å². The van der Waals surface area contributed by atoms with Crippen LogP contribution in [0.2, 0.25) is 0 Å². The largest absolute Gasteiger partial charge is 0.497 e. The Kier molecular flexibility index (Phi) is 5.41. The van der Waals surface area contributed by atoms with Gasteiger partial charge in [0.05, 0.1) is 20.3 Å². The van der Waals surface area contributed by atoms with Gasteiger partial charge < -0.3 is 19.1 Å². The van der Waals surface area contributed by atoms with E-state index in [-0.39, 0.29) is 17.2 Å². The summed E-state index contributed by atoms with van der Waals surface area (Å²) in [4.78, 5) is -0.0468. The van der Waals surface area contributed by atoms with E-state index in [1.54, 1.807) is 12.3 Å². The van der Waals surface area contributed by atoms with E-state index in [9.17, 15) is 13.5 Å². The molecule has 1 unspecified atom stereocenters. The molecule has 0 aliphatic carbocycles. The zero-order chi connectivity index (χ0) is 19.6. The van der Waals surface area contributed by atoms with Crippen molar-refractivity contribution < 1.29 is 23.0 Å². The average Bonchev–Trinajstić information content (AvgIpc) is 3.02. The van der Waals surface area contributed by atoms with Crippen molar-refractivity contribution in [2.45, 2.75) is 11.0 Å². The lowest BCUT2D eigenvalue weighted by Gasteiger charge is -2.14. The lowest BCUT2D eigenvalue weighted by molar-refractivity contribution is 0.183. The molecule has 0 amide bonds. The maximum atomic E-state index is 12.7. The Morgan fingerprint density at radius 1 is 1.15 bits per heavy atom. The summed E-state index contributed by atoms with van der Waals surface area (Å²) in [7, 11) is 0.821. The normalized spacial score (nSPS) is 12.9. The van der Waals surface area contributed by atoms with Crippen molar-refractivity contribution in [1.82, 2.24) is 9.29 Å². The van der Waals surface area contributed by atoms with Crippen LogP contribution in [0, 0.1) is 0 Å². The highest BCUT2D eigenvalue weighted by atomic mass is 32.2. The zero-order valence-corrected chi connectivity index (χ0v) is 16.2. The summed E-state index contributed by atoms with van der Waals surface area (Å²) in [6.45, 7) is -0.170. The van der Waals surface area contributed by atoms with Gasteiger partial charge in [-0.2, -0.15) is 0 Å². The number of nitrogens with zero attached hydrogens (tertiary/aromatic N) is 1. The number of benzene rings is 2. The van der Waals surface area contributed by atoms with Crippen LogP contribution in [0.5, 0.6) is 11.5 Å². The number of hydrogen-bond donors (Lipinski definition) is 2. The van der Waals surface area contributed by atoms with Gasteiger partial charge in [-0.15, -0.1) is 0 Å². The fourth-order valence-electron chi connectivity index (χ4n) is 3.01. The molecule has 0 fully saturated rings. The SMILES string of the molecule is COc1ccc(OC)c(S(=O)(=O)NCC(O)c2cn(C)c3ccccc23)c1. The van der Waals surface area contributed by atoms with E-state index in [0.29, 0.717) is 11.3 Å². The van der Waals surface area contributed by atoms with E-state index < -0.39 is 16.1 Å². The second kappa shape index (κ2) is 7.59. The summed E-state index contributed by atoms with van der Waals surface area (Å²) in [6.07, 6.45) is 0.804. The van der Waals surface area contributed by atoms with Gasteiger partial charge in [0, 0.05) is 42.3 Å². The Hall–Kier alpha value is -2.55. The first kappa shape index (κ1) is 19.2. The third kappa shape index (κ3) is 3.78. The average molecular weight is 390 g/mol. The minimum Gasteiger partial charge on any atom is -0.497 e. The summed E-state index contributed by atoms with van der Waals surface area (Å²) in [5.41, 5.74) is 1.62. The molecular weight excluding hydrogens is 368 g/mol. The van der Waals surface area contributed by atoms with Gasteiger partial charge in [0.15, 0.2) is 0 Å². The Morgan fingerprint density at radius 2 is 1.89 bits per heavy atom. The van der Waals surface area contributed by atoms with E-state index >= 15 is 0 Å². The molecule has 3 rings (SSSR count). The number of aliphatic hydroxyl groups excluding tert-OH is 1. The number of para-hydroxylation sites is 1. The first-order valence-corrected chi connectivity index (χ1v) is 9.79. The molecule has 0 saturated heterocycles. The molecule has 3 aromatic rings. The molecular formula is C19H22N2O5S. The van der Waals surface area contributed by atoms with Crippen molar-refractivity contribution in [3.63, 3.8) is 0 Å². The molecule has 0 bridgehead atoms. The monoisotopic (exact) mass is 390 g/mol. The number of aryl methyl sites for hydroxylation is 1. The summed E-state index contributed by atoms with van der Waals surface area (Å²) < 4.78 is 40.0. The van der Waals surface area contributed by atoms with Gasteiger partial charge in [0.2, 0.25) is 10.0 Å². The Morgan fingerprint density at radius 3 is 2.59 bits per heavy atom. The molecule has 2 aromatic carbocycles. The van der Waals surface area contributed by atoms with Gasteiger partial charge in [0.25, 0.3) is 0 Å². The molecule has 0 spiro atoms. The molecule has 2 N–H and O–H groups in total. The van der Waals surface area contributed by atoms with Crippen LogP contribution in [0.1, 0.15) is 11.7 Å². The Bertz CT molecular complexity index is 1060. The van der Waals surface area contributed by atoms with E-state index in [4.69, 9.17) is 9.47 Å². The maximum absolute atomic E-state index is 12.7. The zero-order valence-electron chi connectivity index (χ0n) is 15.3. The minimum atomic E-state index is -3.91. The van der Waals surface area contributed by atoms with E-state index in [1.807, 2.05) is 35.9 Å². The van der Waals surface area contributed by atoms with Gasteiger partial charge in [-0.3, -0.25) is 0 Å². The summed E-state index contributed by atoms with van der Waals surface area (Å²) in [5, 5.41) is 11.5. The standard InChI is InChI=1S/C19H22N2O5S/c1-21-12-15(14-6-4-5-7-16(14)21)17(22)11-20-27(23,24)19-10-13(25-2)8-9-18(19)26-3/h4-10,12,17,20,22H,11H2,1-3H3. The van der Waals surface area contributed by atoms with Crippen LogP contribution in [0.25, 0.3) is 10.9 Å². The fourth-order valence-corrected chi connectivity index (χ4v) is 4.23. The summed E-state index contributed by atoms with van der Waals surface area (Å²) in [5.74, 6) is 0.591. The number of methoxy groups -OCH3 is 2. The number of fused-ring (bicyclic) bond motifs is 1. The van der Waals surface area contributed by atoms with Gasteiger partial charge in [-0.05, 0) is 18.2 Å². The smallest absolute Gasteiger partial charge is 0.244 e. The summed E-state index contributed by atoms with van der Waals surface area (Å²) >= 11 is 0. The Labute approximate surface area is 158 Å². The molecule has 27 heavy (non-hydrogen) atoms. The number of nitrogens with one attached hydrogen (secondary N) is 1. The maximum Gasteiger partial charge on any atom is 0.244 e. The van der Waals surface area contributed by atoms with Crippen LogP contribution >= 0.6 is 0 Å². The lowest BCUT2D eigenvalue weighted by Crippen LogP contribution is -2.28. The third-order valence-electron chi connectivity index (χ3n) is 4.41. The molecule has 144 valence electrons. The van der Waals surface area contributed by atoms with E-state index in [1.165, 1.54) is 26.4 Å². The molecule has 1 aromatic heterocycles. The van der Waals surface area contributed by atoms with Crippen molar-refractivity contribution >= 4 is 20.9 Å². The fraction of sp³-hybridized carbons (Fsp3) is 0.263. The van der Waals surface area contributed by atoms with Crippen molar-refractivity contribution in [3.05, 3.63) is 54.2 Å². The number of hydrogen-bond acceptors (Lipinski definition) is 5. The highest BCUT2D eigenvalue weighted by molar-refractivity contribution is 7.89. The number of ether oxygens (including phenoxy) is 2. The van der Waals surface area contributed by atoms with Gasteiger partial charge in [-0.1, -0.05) is 18.2 Å². The van der Waals surface area contributed by atoms with Crippen LogP contribution in [0.3, 0.4) is 0 Å². The second-order valence-corrected chi connectivity index (χ2v) is 7.83. The molecule has 0 aliphatic rings. The van der Waals surface area contributed by atoms with Gasteiger partial charge >= 0.3 is 0 Å². The van der Waals surface area contributed by atoms with Crippen molar-refractivity contribution in [3.8, 4) is 11.5 Å². The number of aliphatic hydroxyl groups is 1. The highest BCUT2D eigenvalue weighted by Crippen LogP contribution is 2.29. The molecule has 0 aliphatic heterocycles. The Balaban J connectivity index is 1.85. The summed E-state index contributed by atoms with van der Waals surface area (Å²) in [6, 6.07) is 12.1. The topological polar surface area (TPSA) is 89.8 Å². The lowest BCUT2D eigenvalue weighted by atomic mass is 10.1. The highest BCUT2D eigenvalue weighted by Gasteiger charge is 2.23. The molecule has 7 nitrogen and oxygen atoms in total. The van der Waals surface area contributed by atoms with Crippen molar-refractivity contribution in [2.24, 2.45) is 7.05 Å². The third-order valence-corrected chi connectivity index (χ3v) is 5.86. The van der Waals surface area contributed by atoms with Crippen LogP contribution in [-0.2, 0) is 17.1 Å². The van der Waals surface area contributed by atoms with Gasteiger partial charge in [0.1, 0.15) is 16.4 Å². The molecule has 0 saturated carbocycles. The molecule has 1 atom stereocenters. The van der Waals surface area contributed by atoms with Crippen LogP contribution < -0.4 is 14.2 Å². The first-order chi connectivity index (χ1) is 12.9. The van der Waals surface area contributed by atoms with Gasteiger partial charge in [-0.25, -0.2) is 13.1 Å². The number of aromatic nitrogens is 1. The quantitative estimate of drug-likeness (QED) is 0.646. The molecule has 8 heteroatoms. The second-order valence-electron chi connectivity index (χ2n) is 6.10. The van der Waals surface area contributed by atoms with Crippen LogP contribution in [-0.4, -0.2) is 38.9 Å². The molecule has 0 radical (unpaired) electrons. The molecule has 1 heterocycles. The van der Waals surface area contributed by atoms with Crippen molar-refractivity contribution in [1.29, 1.82) is 0 Å². The van der Waals surface area contributed by atoms with Crippen LogP contribution in [0.4, 0.5) is 0 Å². The predicted octanol–water partition coefficient (Wildman–Crippen LogP) is 2.21. The number of sulfonamides is 1. The minimum absolute atomic E-state index is 0.0468. The number of rotatable bonds is 7. The van der Waals surface area contributed by atoms with Crippen LogP contribution in [0.15, 0.2) is 53.6 Å². The van der Waals surface area contributed by atoms with Crippen molar-refractivity contribution in [2.75, 3.05) is 20.8 Å². The predicted molar refractivity (Wildman–Crippen MR) is 103 cm³/mol. The first-order valence-electron chi connectivity index (χ1n) is 8.31.